The Kier molecular flexibility index (Phi) is 9.78. The molecule has 0 aliphatic rings. The lowest BCUT2D eigenvalue weighted by atomic mass is 9.96. The maximum Gasteiger partial charge on any atom is 0.164 e. The number of nitriles is 1. The second-order valence-corrected chi connectivity index (χ2v) is 17.5. The quantitative estimate of drug-likeness (QED) is 0.152. The van der Waals surface area contributed by atoms with Crippen LogP contribution in [0.2, 0.25) is 0 Å². The monoisotopic (exact) mass is 892 g/mol. The molecule has 3 heterocycles. The summed E-state index contributed by atoms with van der Waals surface area (Å²) in [7, 11) is 0. The second-order valence-electron chi connectivity index (χ2n) is 17.5. The number of hydrogen-bond acceptors (Lipinski definition) is 4. The summed E-state index contributed by atoms with van der Waals surface area (Å²) in [6.07, 6.45) is 0. The molecule has 0 saturated heterocycles. The topological polar surface area (TPSA) is 72.3 Å². The third-order valence-corrected chi connectivity index (χ3v) is 13.4. The number of rotatable bonds is 8. The summed E-state index contributed by atoms with van der Waals surface area (Å²) in [6, 6.07) is 87.0. The molecule has 0 radical (unpaired) electrons. The molecular weight excluding hydrogens is 853 g/mol. The van der Waals surface area contributed by atoms with E-state index in [0.29, 0.717) is 23.0 Å². The number of aromatic nitrogens is 5. The van der Waals surface area contributed by atoms with Gasteiger partial charge in [-0.15, -0.1) is 0 Å². The molecule has 0 fully saturated rings. The van der Waals surface area contributed by atoms with Crippen molar-refractivity contribution in [2.24, 2.45) is 0 Å². The van der Waals surface area contributed by atoms with Crippen molar-refractivity contribution in [1.82, 2.24) is 24.1 Å². The molecule has 0 N–H and O–H groups in total. The summed E-state index contributed by atoms with van der Waals surface area (Å²) in [5.74, 6) is 1.73. The van der Waals surface area contributed by atoms with Crippen LogP contribution in [0.25, 0.3) is 123 Å². The van der Waals surface area contributed by atoms with Crippen LogP contribution in [0.3, 0.4) is 0 Å². The normalized spacial score (nSPS) is 11.4. The van der Waals surface area contributed by atoms with Gasteiger partial charge in [0.1, 0.15) is 0 Å². The van der Waals surface area contributed by atoms with Gasteiger partial charge in [-0.25, -0.2) is 15.0 Å². The molecule has 0 spiro atoms. The van der Waals surface area contributed by atoms with Gasteiger partial charge in [0.2, 0.25) is 0 Å². The Morgan fingerprint density at radius 2 is 0.700 bits per heavy atom. The van der Waals surface area contributed by atoms with E-state index in [9.17, 15) is 5.26 Å². The highest BCUT2D eigenvalue weighted by Gasteiger charge is 2.23. The van der Waals surface area contributed by atoms with E-state index in [1.807, 2.05) is 72.8 Å². The predicted molar refractivity (Wildman–Crippen MR) is 286 cm³/mol. The number of fused-ring (bicyclic) bond motifs is 6. The van der Waals surface area contributed by atoms with Gasteiger partial charge >= 0.3 is 0 Å². The summed E-state index contributed by atoms with van der Waals surface area (Å²) in [5, 5.41) is 15.2. The average molecular weight is 893 g/mol. The SMILES string of the molecule is N#Cc1ccc(-n2c3ccccc3c3cc(-c4ccccc4)ccc32)c(-c2ccc(-c3nc(-c4ccccc4)nc(-c4ccccc4)n3)cc2-n2c3ccccc3c3cc(-c4ccccc4)ccc32)c1. The largest absolute Gasteiger partial charge is 0.309 e. The molecular formula is C64H40N6. The molecule has 0 bridgehead atoms. The van der Waals surface area contributed by atoms with Crippen molar-refractivity contribution in [1.29, 1.82) is 5.26 Å². The first-order valence-electron chi connectivity index (χ1n) is 23.4. The van der Waals surface area contributed by atoms with Gasteiger partial charge in [0.25, 0.3) is 0 Å². The second kappa shape index (κ2) is 16.9. The fraction of sp³-hybridized carbons (Fsp3) is 0. The number of nitrogens with zero attached hydrogens (tertiary/aromatic N) is 6. The lowest BCUT2D eigenvalue weighted by Gasteiger charge is -2.20. The Morgan fingerprint density at radius 1 is 0.286 bits per heavy atom. The van der Waals surface area contributed by atoms with Crippen molar-refractivity contribution in [3.05, 3.63) is 248 Å². The van der Waals surface area contributed by atoms with Crippen molar-refractivity contribution in [3.8, 4) is 85.0 Å². The smallest absolute Gasteiger partial charge is 0.164 e. The molecule has 0 aliphatic carbocycles. The van der Waals surface area contributed by atoms with Crippen molar-refractivity contribution in [3.63, 3.8) is 0 Å². The van der Waals surface area contributed by atoms with E-state index in [0.717, 1.165) is 105 Å². The van der Waals surface area contributed by atoms with E-state index >= 15 is 0 Å². The first-order chi connectivity index (χ1) is 34.7. The fourth-order valence-electron chi connectivity index (χ4n) is 10.1. The van der Waals surface area contributed by atoms with Crippen molar-refractivity contribution < 1.29 is 0 Å². The van der Waals surface area contributed by atoms with Gasteiger partial charge < -0.3 is 9.13 Å². The average Bonchev–Trinajstić information content (AvgIpc) is 3.95. The molecule has 6 heteroatoms. The van der Waals surface area contributed by atoms with Crippen LogP contribution in [0, 0.1) is 11.3 Å². The van der Waals surface area contributed by atoms with Crippen LogP contribution in [0.15, 0.2) is 243 Å². The molecule has 13 aromatic rings. The van der Waals surface area contributed by atoms with Gasteiger partial charge in [-0.2, -0.15) is 5.26 Å². The Balaban J connectivity index is 1.10. The number of para-hydroxylation sites is 2. The zero-order chi connectivity index (χ0) is 46.5. The van der Waals surface area contributed by atoms with Crippen LogP contribution < -0.4 is 0 Å². The highest BCUT2D eigenvalue weighted by Crippen LogP contribution is 2.44. The van der Waals surface area contributed by atoms with Crippen LogP contribution in [-0.2, 0) is 0 Å². The van der Waals surface area contributed by atoms with E-state index in [1.54, 1.807) is 0 Å². The summed E-state index contributed by atoms with van der Waals surface area (Å²) < 4.78 is 4.73. The lowest BCUT2D eigenvalue weighted by Crippen LogP contribution is -2.04. The summed E-state index contributed by atoms with van der Waals surface area (Å²) in [5.41, 5.74) is 15.8. The molecule has 0 unspecified atom stereocenters. The molecule has 3 aromatic heterocycles. The van der Waals surface area contributed by atoms with Gasteiger partial charge in [-0.3, -0.25) is 0 Å². The highest BCUT2D eigenvalue weighted by atomic mass is 15.0. The minimum atomic E-state index is 0.551. The molecule has 10 aromatic carbocycles. The third kappa shape index (κ3) is 6.92. The van der Waals surface area contributed by atoms with Crippen LogP contribution in [0.4, 0.5) is 0 Å². The van der Waals surface area contributed by atoms with Gasteiger partial charge in [-0.05, 0) is 82.9 Å². The Morgan fingerprint density at radius 3 is 1.20 bits per heavy atom. The zero-order valence-corrected chi connectivity index (χ0v) is 37.8. The number of hydrogen-bond donors (Lipinski definition) is 0. The van der Waals surface area contributed by atoms with Crippen LogP contribution in [0.5, 0.6) is 0 Å². The maximum absolute atomic E-state index is 10.6. The van der Waals surface area contributed by atoms with Gasteiger partial charge in [-0.1, -0.05) is 182 Å². The summed E-state index contributed by atoms with van der Waals surface area (Å²) in [4.78, 5) is 15.4. The van der Waals surface area contributed by atoms with Crippen LogP contribution in [0.1, 0.15) is 5.56 Å². The van der Waals surface area contributed by atoms with Gasteiger partial charge in [0, 0.05) is 49.4 Å². The zero-order valence-electron chi connectivity index (χ0n) is 37.8. The number of benzene rings is 10. The first-order valence-corrected chi connectivity index (χ1v) is 23.4. The fourth-order valence-corrected chi connectivity index (χ4v) is 10.1. The summed E-state index contributed by atoms with van der Waals surface area (Å²) >= 11 is 0. The van der Waals surface area contributed by atoms with Crippen molar-refractivity contribution in [2.75, 3.05) is 0 Å². The Labute approximate surface area is 404 Å². The molecule has 0 atom stereocenters. The van der Waals surface area contributed by atoms with E-state index in [2.05, 4.69) is 185 Å². The van der Waals surface area contributed by atoms with Crippen molar-refractivity contribution in [2.45, 2.75) is 0 Å². The molecule has 0 aliphatic heterocycles. The van der Waals surface area contributed by atoms with Gasteiger partial charge in [0.05, 0.1) is 45.1 Å². The predicted octanol–water partition coefficient (Wildman–Crippen LogP) is 15.9. The molecule has 326 valence electrons. The van der Waals surface area contributed by atoms with Crippen molar-refractivity contribution >= 4 is 43.6 Å². The van der Waals surface area contributed by atoms with E-state index in [4.69, 9.17) is 15.0 Å². The lowest BCUT2D eigenvalue weighted by molar-refractivity contribution is 1.07. The molecule has 13 rings (SSSR count). The van der Waals surface area contributed by atoms with Gasteiger partial charge in [0.15, 0.2) is 17.5 Å². The standard InChI is InChI=1S/C64H40N6/c65-41-42-29-34-58(69-56-27-15-13-25-50(56)54-38-47(31-35-59(54)69)43-17-5-1-6-18-43)53(37-42)52-33-30-49(64-67-62(45-21-9-3-10-22-45)66-63(68-64)46-23-11-4-12-24-46)40-61(52)70-57-28-16-14-26-51(57)55-39-48(32-36-60(55)70)44-19-7-2-8-20-44/h1-40H. The van der Waals surface area contributed by atoms with Crippen LogP contribution >= 0.6 is 0 Å². The molecule has 6 nitrogen and oxygen atoms in total. The van der Waals surface area contributed by atoms with E-state index in [-0.39, 0.29) is 0 Å². The maximum atomic E-state index is 10.6. The third-order valence-electron chi connectivity index (χ3n) is 13.4. The molecule has 70 heavy (non-hydrogen) atoms. The van der Waals surface area contributed by atoms with E-state index < -0.39 is 0 Å². The minimum absolute atomic E-state index is 0.551. The van der Waals surface area contributed by atoms with Crippen LogP contribution in [-0.4, -0.2) is 24.1 Å². The molecule has 0 saturated carbocycles. The Hall–Kier alpha value is -9.70. The molecule has 0 amide bonds. The van der Waals surface area contributed by atoms with E-state index in [1.165, 1.54) is 0 Å². The summed E-state index contributed by atoms with van der Waals surface area (Å²) in [6.45, 7) is 0. The Bertz CT molecular complexity index is 4110. The first kappa shape index (κ1) is 40.6. The minimum Gasteiger partial charge on any atom is -0.309 e. The highest BCUT2D eigenvalue weighted by molar-refractivity contribution is 6.13.